The standard InChI is InChI=1S/C8H16O.C4H11N/c1-6(2)5-7(3)8(4)9;1-3-5-4-2/h6-7H,5H2,1-4H3;5H,3-4H2,1-2H3. The van der Waals surface area contributed by atoms with Crippen LogP contribution in [0.5, 0.6) is 0 Å². The van der Waals surface area contributed by atoms with Crippen molar-refractivity contribution in [1.29, 1.82) is 0 Å². The van der Waals surface area contributed by atoms with Crippen molar-refractivity contribution < 1.29 is 4.79 Å². The fraction of sp³-hybridized carbons (Fsp3) is 0.917. The van der Waals surface area contributed by atoms with E-state index in [0.717, 1.165) is 19.5 Å². The van der Waals surface area contributed by atoms with Gasteiger partial charge in [-0.1, -0.05) is 34.6 Å². The molecule has 0 bridgehead atoms. The van der Waals surface area contributed by atoms with E-state index in [9.17, 15) is 4.79 Å². The van der Waals surface area contributed by atoms with Crippen molar-refractivity contribution in [3.8, 4) is 0 Å². The molecule has 2 nitrogen and oxygen atoms in total. The maximum absolute atomic E-state index is 10.7. The number of ketones is 1. The Morgan fingerprint density at radius 1 is 1.14 bits per heavy atom. The van der Waals surface area contributed by atoms with Crippen molar-refractivity contribution in [1.82, 2.24) is 5.32 Å². The number of rotatable bonds is 5. The fourth-order valence-corrected chi connectivity index (χ4v) is 1.12. The molecular formula is C12H27NO. The lowest BCUT2D eigenvalue weighted by atomic mass is 9.96. The second-order valence-corrected chi connectivity index (χ2v) is 4.10. The van der Waals surface area contributed by atoms with Crippen LogP contribution < -0.4 is 5.32 Å². The van der Waals surface area contributed by atoms with Crippen molar-refractivity contribution in [2.45, 2.75) is 48.0 Å². The summed E-state index contributed by atoms with van der Waals surface area (Å²) in [5, 5.41) is 3.11. The van der Waals surface area contributed by atoms with E-state index in [0.29, 0.717) is 11.7 Å². The summed E-state index contributed by atoms with van der Waals surface area (Å²) in [6.45, 7) is 14.3. The van der Waals surface area contributed by atoms with Crippen LogP contribution in [-0.4, -0.2) is 18.9 Å². The summed E-state index contributed by atoms with van der Waals surface area (Å²) in [4.78, 5) is 10.7. The first-order valence-electron chi connectivity index (χ1n) is 5.66. The maximum Gasteiger partial charge on any atom is 0.132 e. The van der Waals surface area contributed by atoms with Crippen LogP contribution in [0, 0.1) is 11.8 Å². The van der Waals surface area contributed by atoms with Crippen LogP contribution in [0.15, 0.2) is 0 Å². The molecule has 86 valence electrons. The minimum absolute atomic E-state index is 0.255. The third kappa shape index (κ3) is 14.2. The van der Waals surface area contributed by atoms with Gasteiger partial charge in [0.05, 0.1) is 0 Å². The summed E-state index contributed by atoms with van der Waals surface area (Å²) >= 11 is 0. The number of carbonyl (C=O) groups excluding carboxylic acids is 1. The highest BCUT2D eigenvalue weighted by Crippen LogP contribution is 2.10. The molecule has 0 saturated heterocycles. The van der Waals surface area contributed by atoms with Gasteiger partial charge in [-0.05, 0) is 32.4 Å². The van der Waals surface area contributed by atoms with Crippen LogP contribution in [0.3, 0.4) is 0 Å². The summed E-state index contributed by atoms with van der Waals surface area (Å²) in [5.41, 5.74) is 0. The zero-order chi connectivity index (χ0) is 11.6. The molecule has 0 spiro atoms. The molecule has 0 aromatic carbocycles. The quantitative estimate of drug-likeness (QED) is 0.741. The molecule has 0 fully saturated rings. The van der Waals surface area contributed by atoms with Crippen molar-refractivity contribution in [2.75, 3.05) is 13.1 Å². The van der Waals surface area contributed by atoms with E-state index in [1.54, 1.807) is 6.92 Å². The highest BCUT2D eigenvalue weighted by molar-refractivity contribution is 5.77. The highest BCUT2D eigenvalue weighted by Gasteiger charge is 2.08. The van der Waals surface area contributed by atoms with Crippen LogP contribution in [0.1, 0.15) is 48.0 Å². The van der Waals surface area contributed by atoms with E-state index in [2.05, 4.69) is 33.0 Å². The van der Waals surface area contributed by atoms with Gasteiger partial charge < -0.3 is 5.32 Å². The van der Waals surface area contributed by atoms with Gasteiger partial charge in [0.25, 0.3) is 0 Å². The van der Waals surface area contributed by atoms with Crippen LogP contribution in [-0.2, 0) is 4.79 Å². The Kier molecular flexibility index (Phi) is 12.3. The van der Waals surface area contributed by atoms with Crippen LogP contribution >= 0.6 is 0 Å². The van der Waals surface area contributed by atoms with Gasteiger partial charge in [0.1, 0.15) is 5.78 Å². The molecule has 0 aromatic rings. The Bertz CT molecular complexity index is 130. The van der Waals surface area contributed by atoms with Crippen molar-refractivity contribution >= 4 is 5.78 Å². The van der Waals surface area contributed by atoms with Crippen LogP contribution in [0.4, 0.5) is 0 Å². The Hall–Kier alpha value is -0.370. The largest absolute Gasteiger partial charge is 0.317 e. The molecular weight excluding hydrogens is 174 g/mol. The van der Waals surface area contributed by atoms with E-state index in [1.807, 2.05) is 6.92 Å². The van der Waals surface area contributed by atoms with Crippen molar-refractivity contribution in [3.05, 3.63) is 0 Å². The molecule has 0 aliphatic rings. The summed E-state index contributed by atoms with van der Waals surface area (Å²) in [6.07, 6.45) is 1.02. The molecule has 0 saturated carbocycles. The summed E-state index contributed by atoms with van der Waals surface area (Å²) in [7, 11) is 0. The molecule has 0 amide bonds. The highest BCUT2D eigenvalue weighted by atomic mass is 16.1. The topological polar surface area (TPSA) is 29.1 Å². The van der Waals surface area contributed by atoms with Gasteiger partial charge in [0, 0.05) is 5.92 Å². The Morgan fingerprint density at radius 2 is 1.57 bits per heavy atom. The minimum atomic E-state index is 0.255. The number of hydrogen-bond acceptors (Lipinski definition) is 2. The lowest BCUT2D eigenvalue weighted by Crippen LogP contribution is -2.09. The molecule has 0 radical (unpaired) electrons. The minimum Gasteiger partial charge on any atom is -0.317 e. The van der Waals surface area contributed by atoms with Gasteiger partial charge in [-0.3, -0.25) is 4.79 Å². The van der Waals surface area contributed by atoms with Gasteiger partial charge in [0.2, 0.25) is 0 Å². The number of carbonyl (C=O) groups is 1. The first-order chi connectivity index (χ1) is 6.45. The van der Waals surface area contributed by atoms with E-state index < -0.39 is 0 Å². The zero-order valence-corrected chi connectivity index (χ0v) is 10.7. The fourth-order valence-electron chi connectivity index (χ4n) is 1.12. The smallest absolute Gasteiger partial charge is 0.132 e. The van der Waals surface area contributed by atoms with E-state index >= 15 is 0 Å². The first-order valence-corrected chi connectivity index (χ1v) is 5.66. The molecule has 0 heterocycles. The zero-order valence-electron chi connectivity index (χ0n) is 10.7. The number of nitrogens with one attached hydrogen (secondary N) is 1. The number of Topliss-reactive ketones (excluding diaryl/α,β-unsaturated/α-hetero) is 1. The third-order valence-corrected chi connectivity index (χ3v) is 2.02. The van der Waals surface area contributed by atoms with E-state index in [1.165, 1.54) is 0 Å². The molecule has 1 unspecified atom stereocenters. The first kappa shape index (κ1) is 16.1. The number of hydrogen-bond donors (Lipinski definition) is 1. The van der Waals surface area contributed by atoms with Crippen molar-refractivity contribution in [2.24, 2.45) is 11.8 Å². The SMILES string of the molecule is CC(=O)C(C)CC(C)C.CCNCC. The lowest BCUT2D eigenvalue weighted by molar-refractivity contribution is -0.120. The normalized spacial score (nSPS) is 11.9. The Morgan fingerprint density at radius 3 is 1.64 bits per heavy atom. The molecule has 0 rings (SSSR count). The van der Waals surface area contributed by atoms with Crippen LogP contribution in [0.2, 0.25) is 0 Å². The van der Waals surface area contributed by atoms with Gasteiger partial charge >= 0.3 is 0 Å². The molecule has 2 heteroatoms. The molecule has 1 N–H and O–H groups in total. The third-order valence-electron chi connectivity index (χ3n) is 2.02. The van der Waals surface area contributed by atoms with Crippen molar-refractivity contribution in [3.63, 3.8) is 0 Å². The second-order valence-electron chi connectivity index (χ2n) is 4.10. The average Bonchev–Trinajstić information content (AvgIpc) is 2.05. The van der Waals surface area contributed by atoms with Gasteiger partial charge in [0.15, 0.2) is 0 Å². The molecule has 0 aromatic heterocycles. The Balaban J connectivity index is 0. The van der Waals surface area contributed by atoms with E-state index in [4.69, 9.17) is 0 Å². The summed E-state index contributed by atoms with van der Waals surface area (Å²) in [6, 6.07) is 0. The maximum atomic E-state index is 10.7. The average molecular weight is 201 g/mol. The molecule has 14 heavy (non-hydrogen) atoms. The van der Waals surface area contributed by atoms with Gasteiger partial charge in [-0.2, -0.15) is 0 Å². The predicted molar refractivity (Wildman–Crippen MR) is 63.5 cm³/mol. The monoisotopic (exact) mass is 201 g/mol. The second kappa shape index (κ2) is 10.7. The van der Waals surface area contributed by atoms with Crippen LogP contribution in [0.25, 0.3) is 0 Å². The molecule has 1 atom stereocenters. The summed E-state index contributed by atoms with van der Waals surface area (Å²) < 4.78 is 0. The van der Waals surface area contributed by atoms with Gasteiger partial charge in [-0.15, -0.1) is 0 Å². The molecule has 0 aliphatic heterocycles. The predicted octanol–water partition coefficient (Wildman–Crippen LogP) is 2.87. The van der Waals surface area contributed by atoms with E-state index in [-0.39, 0.29) is 5.92 Å². The lowest BCUT2D eigenvalue weighted by Gasteiger charge is -2.08. The van der Waals surface area contributed by atoms with Gasteiger partial charge in [-0.25, -0.2) is 0 Å². The Labute approximate surface area is 89.5 Å². The molecule has 0 aliphatic carbocycles. The summed E-state index contributed by atoms with van der Waals surface area (Å²) in [5.74, 6) is 1.21.